The quantitative estimate of drug-likeness (QED) is 0.763. The van der Waals surface area contributed by atoms with Crippen molar-refractivity contribution in [2.24, 2.45) is 5.92 Å². The minimum atomic E-state index is -0.00552. The number of rotatable bonds is 6. The molecule has 0 saturated heterocycles. The molecule has 0 spiro atoms. The van der Waals surface area contributed by atoms with E-state index in [1.807, 2.05) is 31.2 Å². The highest BCUT2D eigenvalue weighted by atomic mass is 32.1. The van der Waals surface area contributed by atoms with E-state index in [-0.39, 0.29) is 5.91 Å². The Labute approximate surface area is 144 Å². The van der Waals surface area contributed by atoms with Crippen molar-refractivity contribution in [1.82, 2.24) is 5.32 Å². The molecular weight excluding hydrogens is 308 g/mol. The molecule has 4 nitrogen and oxygen atoms in total. The molecule has 126 valence electrons. The van der Waals surface area contributed by atoms with Crippen LogP contribution in [0.25, 0.3) is 0 Å². The number of benzene rings is 1. The van der Waals surface area contributed by atoms with Gasteiger partial charge in [-0.25, -0.2) is 0 Å². The van der Waals surface area contributed by atoms with Gasteiger partial charge in [-0.2, -0.15) is 0 Å². The van der Waals surface area contributed by atoms with Crippen molar-refractivity contribution in [2.45, 2.75) is 51.9 Å². The molecule has 0 bridgehead atoms. The van der Waals surface area contributed by atoms with Crippen LogP contribution in [0.4, 0.5) is 5.69 Å². The Hall–Kier alpha value is -1.62. The number of thiocarbonyl (C=S) groups is 1. The van der Waals surface area contributed by atoms with E-state index < -0.39 is 0 Å². The predicted molar refractivity (Wildman–Crippen MR) is 97.8 cm³/mol. The van der Waals surface area contributed by atoms with Crippen LogP contribution in [0.5, 0.6) is 5.75 Å². The third kappa shape index (κ3) is 6.57. The highest BCUT2D eigenvalue weighted by molar-refractivity contribution is 7.80. The largest absolute Gasteiger partial charge is 0.494 e. The van der Waals surface area contributed by atoms with E-state index in [4.69, 9.17) is 17.0 Å². The lowest BCUT2D eigenvalue weighted by Gasteiger charge is -2.21. The van der Waals surface area contributed by atoms with Gasteiger partial charge in [0, 0.05) is 18.2 Å². The summed E-state index contributed by atoms with van der Waals surface area (Å²) < 4.78 is 5.44. The maximum Gasteiger partial charge on any atom is 0.226 e. The molecule has 0 atom stereocenters. The zero-order valence-electron chi connectivity index (χ0n) is 13.8. The summed E-state index contributed by atoms with van der Waals surface area (Å²) in [5.41, 5.74) is 0.813. The highest BCUT2D eigenvalue weighted by Gasteiger charge is 2.15. The first-order valence-corrected chi connectivity index (χ1v) is 8.92. The maximum absolute atomic E-state index is 12.0. The van der Waals surface area contributed by atoms with E-state index in [0.29, 0.717) is 24.1 Å². The molecule has 23 heavy (non-hydrogen) atoms. The second kappa shape index (κ2) is 9.50. The lowest BCUT2D eigenvalue weighted by Crippen LogP contribution is -2.34. The van der Waals surface area contributed by atoms with Crippen LogP contribution in [-0.4, -0.2) is 17.6 Å². The molecule has 1 amide bonds. The van der Waals surface area contributed by atoms with Crippen molar-refractivity contribution in [1.29, 1.82) is 0 Å². The van der Waals surface area contributed by atoms with Gasteiger partial charge in [0.25, 0.3) is 0 Å². The van der Waals surface area contributed by atoms with Crippen LogP contribution in [-0.2, 0) is 4.79 Å². The third-order valence-electron chi connectivity index (χ3n) is 4.16. The van der Waals surface area contributed by atoms with Crippen molar-refractivity contribution >= 4 is 28.9 Å². The first-order chi connectivity index (χ1) is 11.2. The molecule has 2 rings (SSSR count). The predicted octanol–water partition coefficient (Wildman–Crippen LogP) is 4.26. The number of hydrogen-bond acceptors (Lipinski definition) is 3. The average Bonchev–Trinajstić information content (AvgIpc) is 2.54. The summed E-state index contributed by atoms with van der Waals surface area (Å²) in [4.78, 5) is 12.0. The van der Waals surface area contributed by atoms with Crippen LogP contribution >= 0.6 is 12.2 Å². The Balaban J connectivity index is 1.72. The Morgan fingerprint density at radius 1 is 1.30 bits per heavy atom. The molecule has 1 saturated carbocycles. The number of nitrogens with one attached hydrogen (secondary N) is 2. The molecule has 0 aliphatic heterocycles. The fourth-order valence-corrected chi connectivity index (χ4v) is 3.22. The van der Waals surface area contributed by atoms with Gasteiger partial charge in [-0.05, 0) is 43.6 Å². The summed E-state index contributed by atoms with van der Waals surface area (Å²) in [5, 5.41) is 6.13. The summed E-state index contributed by atoms with van der Waals surface area (Å²) in [5.74, 6) is 1.48. The molecule has 1 aromatic carbocycles. The van der Waals surface area contributed by atoms with Gasteiger partial charge in [-0.3, -0.25) is 4.79 Å². The van der Waals surface area contributed by atoms with Crippen molar-refractivity contribution in [2.75, 3.05) is 11.9 Å². The van der Waals surface area contributed by atoms with E-state index in [1.165, 1.54) is 32.1 Å². The van der Waals surface area contributed by atoms with Crippen molar-refractivity contribution in [3.63, 3.8) is 0 Å². The summed E-state index contributed by atoms with van der Waals surface area (Å²) in [6.07, 6.45) is 8.00. The van der Waals surface area contributed by atoms with Crippen molar-refractivity contribution < 1.29 is 9.53 Å². The minimum Gasteiger partial charge on any atom is -0.494 e. The molecule has 2 N–H and O–H groups in total. The normalized spacial score (nSPS) is 15.0. The van der Waals surface area contributed by atoms with Crippen LogP contribution in [0, 0.1) is 5.92 Å². The molecule has 5 heteroatoms. The van der Waals surface area contributed by atoms with Gasteiger partial charge in [-0.15, -0.1) is 0 Å². The first-order valence-electron chi connectivity index (χ1n) is 8.51. The standard InChI is InChI=1S/C18H26N2O2S/c1-2-22-16-10-6-9-15(13-16)19-18(23)20-17(21)12-11-14-7-4-3-5-8-14/h6,9-10,13-14H,2-5,7-8,11-12H2,1H3,(H2,19,20,21,23). The molecule has 1 aromatic rings. The van der Waals surface area contributed by atoms with Crippen LogP contribution in [0.2, 0.25) is 0 Å². The summed E-state index contributed by atoms with van der Waals surface area (Å²) >= 11 is 5.21. The molecule has 0 radical (unpaired) electrons. The van der Waals surface area contributed by atoms with E-state index in [0.717, 1.165) is 17.9 Å². The summed E-state index contributed by atoms with van der Waals surface area (Å²) in [6.45, 7) is 2.56. The number of carbonyl (C=O) groups is 1. The van der Waals surface area contributed by atoms with Gasteiger partial charge < -0.3 is 15.4 Å². The fourth-order valence-electron chi connectivity index (χ4n) is 2.99. The average molecular weight is 334 g/mol. The number of hydrogen-bond donors (Lipinski definition) is 2. The van der Waals surface area contributed by atoms with Crippen molar-refractivity contribution in [3.8, 4) is 5.75 Å². The van der Waals surface area contributed by atoms with E-state index in [2.05, 4.69) is 10.6 Å². The monoisotopic (exact) mass is 334 g/mol. The van der Waals surface area contributed by atoms with Gasteiger partial charge in [0.1, 0.15) is 5.75 Å². The first kappa shape index (κ1) is 17.7. The van der Waals surface area contributed by atoms with Gasteiger partial charge in [0.05, 0.1) is 6.61 Å². The number of carbonyl (C=O) groups excluding carboxylic acids is 1. The summed E-state index contributed by atoms with van der Waals surface area (Å²) in [6, 6.07) is 7.54. The van der Waals surface area contributed by atoms with Crippen LogP contribution in [0.1, 0.15) is 51.9 Å². The Morgan fingerprint density at radius 3 is 2.83 bits per heavy atom. The Kier molecular flexibility index (Phi) is 7.33. The lowest BCUT2D eigenvalue weighted by atomic mass is 9.86. The Bertz CT molecular complexity index is 528. The van der Waals surface area contributed by atoms with Crippen molar-refractivity contribution in [3.05, 3.63) is 24.3 Å². The number of ether oxygens (including phenoxy) is 1. The topological polar surface area (TPSA) is 50.4 Å². The van der Waals surface area contributed by atoms with Gasteiger partial charge in [0.15, 0.2) is 5.11 Å². The number of amides is 1. The van der Waals surface area contributed by atoms with E-state index in [1.54, 1.807) is 0 Å². The fraction of sp³-hybridized carbons (Fsp3) is 0.556. The van der Waals surface area contributed by atoms with E-state index >= 15 is 0 Å². The van der Waals surface area contributed by atoms with Gasteiger partial charge in [0.2, 0.25) is 5.91 Å². The van der Waals surface area contributed by atoms with Crippen LogP contribution < -0.4 is 15.4 Å². The zero-order chi connectivity index (χ0) is 16.5. The second-order valence-corrected chi connectivity index (χ2v) is 6.41. The van der Waals surface area contributed by atoms with Crippen LogP contribution in [0.15, 0.2) is 24.3 Å². The lowest BCUT2D eigenvalue weighted by molar-refractivity contribution is -0.120. The van der Waals surface area contributed by atoms with E-state index in [9.17, 15) is 4.79 Å². The molecule has 1 aliphatic rings. The molecular formula is C18H26N2O2S. The SMILES string of the molecule is CCOc1cccc(NC(=S)NC(=O)CCC2CCCCC2)c1. The second-order valence-electron chi connectivity index (χ2n) is 6.01. The highest BCUT2D eigenvalue weighted by Crippen LogP contribution is 2.27. The third-order valence-corrected chi connectivity index (χ3v) is 4.36. The molecule has 1 aliphatic carbocycles. The smallest absolute Gasteiger partial charge is 0.226 e. The number of anilines is 1. The minimum absolute atomic E-state index is 0.00552. The molecule has 0 aromatic heterocycles. The summed E-state index contributed by atoms with van der Waals surface area (Å²) in [7, 11) is 0. The maximum atomic E-state index is 12.0. The zero-order valence-corrected chi connectivity index (χ0v) is 14.6. The van der Waals surface area contributed by atoms with Crippen LogP contribution in [0.3, 0.4) is 0 Å². The molecule has 0 unspecified atom stereocenters. The van der Waals surface area contributed by atoms with Gasteiger partial charge in [-0.1, -0.05) is 38.2 Å². The molecule has 0 heterocycles. The molecule has 1 fully saturated rings. The van der Waals surface area contributed by atoms with Gasteiger partial charge >= 0.3 is 0 Å². The Morgan fingerprint density at radius 2 is 2.09 bits per heavy atom.